The van der Waals surface area contributed by atoms with E-state index in [1.54, 1.807) is 12.3 Å². The monoisotopic (exact) mass is 345 g/mol. The number of nitrogens with zero attached hydrogens (tertiary/aromatic N) is 4. The molecule has 1 saturated heterocycles. The second-order valence-electron chi connectivity index (χ2n) is 6.52. The van der Waals surface area contributed by atoms with E-state index in [0.717, 1.165) is 13.1 Å². The van der Waals surface area contributed by atoms with Crippen molar-refractivity contribution in [3.05, 3.63) is 30.3 Å². The maximum absolute atomic E-state index is 12.7. The summed E-state index contributed by atoms with van der Waals surface area (Å²) in [5.41, 5.74) is -0.00770. The van der Waals surface area contributed by atoms with Crippen LogP contribution in [0.3, 0.4) is 0 Å². The van der Waals surface area contributed by atoms with Crippen molar-refractivity contribution >= 4 is 5.91 Å². The number of amides is 1. The summed E-state index contributed by atoms with van der Waals surface area (Å²) in [4.78, 5) is 23.4. The van der Waals surface area contributed by atoms with Gasteiger partial charge in [0.2, 0.25) is 17.6 Å². The van der Waals surface area contributed by atoms with Gasteiger partial charge in [-0.2, -0.15) is 4.98 Å². The second kappa shape index (κ2) is 7.28. The van der Waals surface area contributed by atoms with Gasteiger partial charge >= 0.3 is 0 Å². The second-order valence-corrected chi connectivity index (χ2v) is 6.52. The Morgan fingerprint density at radius 2 is 2.08 bits per heavy atom. The molecule has 2 aromatic heterocycles. The summed E-state index contributed by atoms with van der Waals surface area (Å²) in [5.74, 6) is 0.676. The van der Waals surface area contributed by atoms with E-state index in [1.165, 1.54) is 0 Å². The van der Waals surface area contributed by atoms with Crippen LogP contribution in [0, 0.1) is 0 Å². The Morgan fingerprint density at radius 1 is 1.32 bits per heavy atom. The van der Waals surface area contributed by atoms with E-state index in [1.807, 2.05) is 32.9 Å². The average molecular weight is 345 g/mol. The molecule has 3 rings (SSSR count). The molecular weight excluding hydrogens is 322 g/mol. The third-order valence-electron chi connectivity index (χ3n) is 4.41. The summed E-state index contributed by atoms with van der Waals surface area (Å²) in [5, 5.41) is 6.90. The average Bonchev–Trinajstić information content (AvgIpc) is 3.13. The molecule has 0 bridgehead atoms. The quantitative estimate of drug-likeness (QED) is 0.876. The molecular formula is C17H23N5O3. The van der Waals surface area contributed by atoms with Crippen molar-refractivity contribution in [2.45, 2.75) is 32.4 Å². The fourth-order valence-electron chi connectivity index (χ4n) is 2.71. The molecule has 3 heterocycles. The predicted octanol–water partition coefficient (Wildman–Crippen LogP) is 1.42. The summed E-state index contributed by atoms with van der Waals surface area (Å²) < 4.78 is 10.6. The van der Waals surface area contributed by atoms with E-state index in [2.05, 4.69) is 25.3 Å². The Hall–Kier alpha value is -2.32. The summed E-state index contributed by atoms with van der Waals surface area (Å²) in [7, 11) is 0. The van der Waals surface area contributed by atoms with Gasteiger partial charge in [0, 0.05) is 19.3 Å². The van der Waals surface area contributed by atoms with Gasteiger partial charge < -0.3 is 14.6 Å². The fraction of sp³-hybridized carbons (Fsp3) is 0.529. The summed E-state index contributed by atoms with van der Waals surface area (Å²) >= 11 is 0. The lowest BCUT2D eigenvalue weighted by atomic mass is 10.0. The highest BCUT2D eigenvalue weighted by atomic mass is 16.5. The molecule has 0 saturated carbocycles. The van der Waals surface area contributed by atoms with E-state index in [0.29, 0.717) is 30.6 Å². The van der Waals surface area contributed by atoms with Crippen LogP contribution in [0.15, 0.2) is 28.9 Å². The largest absolute Gasteiger partial charge is 0.379 e. The molecule has 1 N–H and O–H groups in total. The summed E-state index contributed by atoms with van der Waals surface area (Å²) in [6.07, 6.45) is 1.67. The first kappa shape index (κ1) is 17.5. The first-order valence-electron chi connectivity index (χ1n) is 8.37. The number of ether oxygens (including phenoxy) is 1. The Kier molecular flexibility index (Phi) is 5.10. The van der Waals surface area contributed by atoms with Crippen LogP contribution in [0.1, 0.15) is 32.7 Å². The molecule has 0 spiro atoms. The van der Waals surface area contributed by atoms with Crippen LogP contribution in [-0.2, 0) is 9.53 Å². The minimum atomic E-state index is -0.637. The fourth-order valence-corrected chi connectivity index (χ4v) is 2.71. The highest BCUT2D eigenvalue weighted by molar-refractivity contribution is 5.85. The number of carbonyl (C=O) groups is 1. The van der Waals surface area contributed by atoms with E-state index in [4.69, 9.17) is 9.26 Å². The van der Waals surface area contributed by atoms with Crippen LogP contribution in [0.4, 0.5) is 0 Å². The van der Waals surface area contributed by atoms with Crippen molar-refractivity contribution in [3.8, 4) is 11.5 Å². The van der Waals surface area contributed by atoms with Crippen molar-refractivity contribution < 1.29 is 14.1 Å². The van der Waals surface area contributed by atoms with Gasteiger partial charge in [-0.05, 0) is 32.9 Å². The van der Waals surface area contributed by atoms with E-state index >= 15 is 0 Å². The van der Waals surface area contributed by atoms with Gasteiger partial charge in [0.1, 0.15) is 11.7 Å². The standard InChI is InChI=1S/C17H23N5O3/c1-12(15-20-14(21-25-15)13-6-4-5-7-18-13)19-16(23)17(2,3)22-8-10-24-11-9-22/h4-7,12H,8-11H2,1-3H3,(H,19,23). The molecule has 25 heavy (non-hydrogen) atoms. The SMILES string of the molecule is CC(NC(=O)C(C)(C)N1CCOCC1)c1nc(-c2ccccn2)no1. The van der Waals surface area contributed by atoms with Crippen molar-refractivity contribution in [2.75, 3.05) is 26.3 Å². The molecule has 0 aromatic carbocycles. The van der Waals surface area contributed by atoms with Crippen LogP contribution in [-0.4, -0.2) is 57.8 Å². The molecule has 2 aromatic rings. The molecule has 1 aliphatic heterocycles. The van der Waals surface area contributed by atoms with Gasteiger partial charge in [0.25, 0.3) is 0 Å². The molecule has 1 atom stereocenters. The molecule has 1 unspecified atom stereocenters. The maximum Gasteiger partial charge on any atom is 0.249 e. The van der Waals surface area contributed by atoms with Gasteiger partial charge in [0.05, 0.1) is 18.8 Å². The topological polar surface area (TPSA) is 93.4 Å². The third kappa shape index (κ3) is 3.85. The lowest BCUT2D eigenvalue weighted by Gasteiger charge is -2.39. The lowest BCUT2D eigenvalue weighted by molar-refractivity contribution is -0.135. The Labute approximate surface area is 146 Å². The van der Waals surface area contributed by atoms with Gasteiger partial charge in [-0.15, -0.1) is 0 Å². The zero-order chi connectivity index (χ0) is 17.9. The Balaban J connectivity index is 1.66. The summed E-state index contributed by atoms with van der Waals surface area (Å²) in [6, 6.07) is 5.09. The number of pyridine rings is 1. The summed E-state index contributed by atoms with van der Waals surface area (Å²) in [6.45, 7) is 8.40. The van der Waals surface area contributed by atoms with Crippen LogP contribution in [0.5, 0.6) is 0 Å². The number of morpholine rings is 1. The zero-order valence-corrected chi connectivity index (χ0v) is 14.7. The van der Waals surface area contributed by atoms with E-state index in [9.17, 15) is 4.79 Å². The molecule has 0 radical (unpaired) electrons. The molecule has 134 valence electrons. The Bertz CT molecular complexity index is 710. The highest BCUT2D eigenvalue weighted by Gasteiger charge is 2.36. The zero-order valence-electron chi connectivity index (χ0n) is 14.7. The first-order chi connectivity index (χ1) is 12.0. The number of carbonyl (C=O) groups excluding carboxylic acids is 1. The number of nitrogens with one attached hydrogen (secondary N) is 1. The van der Waals surface area contributed by atoms with Crippen LogP contribution < -0.4 is 5.32 Å². The van der Waals surface area contributed by atoms with Crippen molar-refractivity contribution in [1.82, 2.24) is 25.3 Å². The lowest BCUT2D eigenvalue weighted by Crippen LogP contribution is -2.58. The van der Waals surface area contributed by atoms with Crippen molar-refractivity contribution in [1.29, 1.82) is 0 Å². The number of hydrogen-bond donors (Lipinski definition) is 1. The predicted molar refractivity (Wildman–Crippen MR) is 90.6 cm³/mol. The number of aromatic nitrogens is 3. The smallest absolute Gasteiger partial charge is 0.249 e. The van der Waals surface area contributed by atoms with Crippen LogP contribution in [0.2, 0.25) is 0 Å². The first-order valence-corrected chi connectivity index (χ1v) is 8.37. The van der Waals surface area contributed by atoms with Crippen molar-refractivity contribution in [2.24, 2.45) is 0 Å². The molecule has 1 fully saturated rings. The minimum Gasteiger partial charge on any atom is -0.379 e. The normalized spacial score (nSPS) is 17.2. The van der Waals surface area contributed by atoms with E-state index in [-0.39, 0.29) is 5.91 Å². The molecule has 1 amide bonds. The van der Waals surface area contributed by atoms with Gasteiger partial charge in [-0.1, -0.05) is 11.2 Å². The van der Waals surface area contributed by atoms with E-state index < -0.39 is 11.6 Å². The van der Waals surface area contributed by atoms with Gasteiger partial charge in [-0.25, -0.2) is 0 Å². The van der Waals surface area contributed by atoms with Gasteiger partial charge in [0.15, 0.2) is 0 Å². The minimum absolute atomic E-state index is 0.0838. The maximum atomic E-state index is 12.7. The van der Waals surface area contributed by atoms with Crippen LogP contribution >= 0.6 is 0 Å². The highest BCUT2D eigenvalue weighted by Crippen LogP contribution is 2.20. The number of rotatable bonds is 5. The Morgan fingerprint density at radius 3 is 2.76 bits per heavy atom. The number of hydrogen-bond acceptors (Lipinski definition) is 7. The van der Waals surface area contributed by atoms with Gasteiger partial charge in [-0.3, -0.25) is 14.7 Å². The molecule has 1 aliphatic rings. The molecule has 8 heteroatoms. The molecule has 8 nitrogen and oxygen atoms in total. The van der Waals surface area contributed by atoms with Crippen molar-refractivity contribution in [3.63, 3.8) is 0 Å². The van der Waals surface area contributed by atoms with Crippen LogP contribution in [0.25, 0.3) is 11.5 Å². The third-order valence-corrected chi connectivity index (χ3v) is 4.41. The molecule has 0 aliphatic carbocycles.